The normalized spacial score (nSPS) is 10.4. The Kier molecular flexibility index (Phi) is 2.95. The summed E-state index contributed by atoms with van der Waals surface area (Å²) in [6.07, 6.45) is 1.49. The monoisotopic (exact) mass is 199 g/mol. The van der Waals surface area contributed by atoms with Crippen molar-refractivity contribution in [2.75, 3.05) is 5.73 Å². The van der Waals surface area contributed by atoms with Gasteiger partial charge in [-0.15, -0.1) is 0 Å². The Morgan fingerprint density at radius 2 is 2.29 bits per heavy atom. The molecule has 78 valence electrons. The quantitative estimate of drug-likeness (QED) is 0.624. The molecular weight excluding hydrogens is 186 g/mol. The van der Waals surface area contributed by atoms with Crippen LogP contribution in [0.25, 0.3) is 0 Å². The van der Waals surface area contributed by atoms with Crippen LogP contribution in [-0.2, 0) is 17.8 Å². The fourth-order valence-electron chi connectivity index (χ4n) is 1.24. The van der Waals surface area contributed by atoms with Gasteiger partial charge in [-0.2, -0.15) is 0 Å². The Morgan fingerprint density at radius 1 is 1.64 bits per heavy atom. The number of nitrogens with one attached hydrogen (secondary N) is 1. The van der Waals surface area contributed by atoms with E-state index in [0.29, 0.717) is 12.1 Å². The molecule has 0 unspecified atom stereocenters. The summed E-state index contributed by atoms with van der Waals surface area (Å²) >= 11 is 0. The third kappa shape index (κ3) is 1.95. The summed E-state index contributed by atoms with van der Waals surface area (Å²) in [5.41, 5.74) is 5.77. The molecule has 1 heterocycles. The Balaban J connectivity index is 3.02. The molecule has 6 heteroatoms. The number of nitrogens with two attached hydrogens (primary N) is 1. The van der Waals surface area contributed by atoms with Crippen molar-refractivity contribution in [3.05, 3.63) is 16.0 Å². The van der Waals surface area contributed by atoms with E-state index in [1.54, 1.807) is 0 Å². The van der Waals surface area contributed by atoms with Crippen LogP contribution in [0.2, 0.25) is 0 Å². The summed E-state index contributed by atoms with van der Waals surface area (Å²) in [7, 11) is 0. The number of anilines is 1. The lowest BCUT2D eigenvalue weighted by atomic mass is 10.2. The van der Waals surface area contributed by atoms with E-state index >= 15 is 0 Å². The zero-order chi connectivity index (χ0) is 10.7. The van der Waals surface area contributed by atoms with Gasteiger partial charge in [0.2, 0.25) is 0 Å². The van der Waals surface area contributed by atoms with Gasteiger partial charge < -0.3 is 10.8 Å². The second-order valence-corrected chi connectivity index (χ2v) is 3.04. The number of aromatic nitrogens is 2. The van der Waals surface area contributed by atoms with Crippen LogP contribution in [0.1, 0.15) is 19.0 Å². The van der Waals surface area contributed by atoms with Crippen molar-refractivity contribution in [1.82, 2.24) is 9.78 Å². The van der Waals surface area contributed by atoms with Crippen LogP contribution in [-0.4, -0.2) is 20.9 Å². The third-order valence-electron chi connectivity index (χ3n) is 1.86. The highest BCUT2D eigenvalue weighted by atomic mass is 16.4. The molecule has 1 rings (SSSR count). The number of carboxylic acid groups (broad SMARTS) is 1. The van der Waals surface area contributed by atoms with E-state index in [1.807, 2.05) is 6.92 Å². The highest BCUT2D eigenvalue weighted by Crippen LogP contribution is 2.05. The number of H-pyrrole nitrogens is 1. The first-order chi connectivity index (χ1) is 6.56. The average Bonchev–Trinajstić information content (AvgIpc) is 2.34. The van der Waals surface area contributed by atoms with Gasteiger partial charge in [0.05, 0.1) is 5.69 Å². The van der Waals surface area contributed by atoms with E-state index < -0.39 is 11.5 Å². The number of rotatable bonds is 4. The molecule has 1 aromatic rings. The summed E-state index contributed by atoms with van der Waals surface area (Å²) < 4.78 is 1.00. The maximum atomic E-state index is 11.3. The number of carbonyl (C=O) groups is 1. The summed E-state index contributed by atoms with van der Waals surface area (Å²) in [6.45, 7) is 1.57. The largest absolute Gasteiger partial charge is 0.480 e. The average molecular weight is 199 g/mol. The third-order valence-corrected chi connectivity index (χ3v) is 1.86. The molecule has 0 aliphatic heterocycles. The van der Waals surface area contributed by atoms with Gasteiger partial charge in [0.25, 0.3) is 5.56 Å². The second kappa shape index (κ2) is 3.99. The summed E-state index contributed by atoms with van der Waals surface area (Å²) in [6, 6.07) is 0. The van der Waals surface area contributed by atoms with Gasteiger partial charge in [-0.3, -0.25) is 14.7 Å². The Hall–Kier alpha value is -1.72. The van der Waals surface area contributed by atoms with Gasteiger partial charge in [-0.1, -0.05) is 13.3 Å². The van der Waals surface area contributed by atoms with Gasteiger partial charge in [-0.25, -0.2) is 4.68 Å². The molecule has 0 radical (unpaired) electrons. The predicted molar refractivity (Wildman–Crippen MR) is 51.1 cm³/mol. The molecule has 0 aromatic carbocycles. The Morgan fingerprint density at radius 3 is 2.79 bits per heavy atom. The first kappa shape index (κ1) is 10.4. The second-order valence-electron chi connectivity index (χ2n) is 3.04. The van der Waals surface area contributed by atoms with E-state index in [4.69, 9.17) is 10.8 Å². The van der Waals surface area contributed by atoms with Crippen molar-refractivity contribution in [3.63, 3.8) is 0 Å². The van der Waals surface area contributed by atoms with E-state index in [1.165, 1.54) is 0 Å². The summed E-state index contributed by atoms with van der Waals surface area (Å²) in [5.74, 6) is -1.07. The summed E-state index contributed by atoms with van der Waals surface area (Å²) in [4.78, 5) is 21.7. The lowest BCUT2D eigenvalue weighted by molar-refractivity contribution is -0.137. The molecule has 0 bridgehead atoms. The first-order valence-electron chi connectivity index (χ1n) is 4.35. The standard InChI is InChI=1S/C8H13N3O3/c1-2-3-5-7(9)8(14)11(10-5)4-6(12)13/h10H,2-4,9H2,1H3,(H,12,13). The molecule has 0 aliphatic carbocycles. The number of nitrogens with zero attached hydrogens (tertiary/aromatic N) is 1. The molecule has 0 saturated carbocycles. The van der Waals surface area contributed by atoms with Crippen molar-refractivity contribution >= 4 is 11.7 Å². The predicted octanol–water partition coefficient (Wildman–Crippen LogP) is -0.204. The number of carboxylic acids is 1. The number of aliphatic carboxylic acids is 1. The molecule has 0 amide bonds. The Bertz CT molecular complexity index is 391. The maximum Gasteiger partial charge on any atom is 0.325 e. The lowest BCUT2D eigenvalue weighted by Gasteiger charge is -1.95. The van der Waals surface area contributed by atoms with Crippen molar-refractivity contribution in [2.45, 2.75) is 26.3 Å². The molecule has 4 N–H and O–H groups in total. The molecule has 0 atom stereocenters. The molecule has 0 spiro atoms. The minimum atomic E-state index is -1.07. The van der Waals surface area contributed by atoms with Gasteiger partial charge in [0.15, 0.2) is 0 Å². The number of aryl methyl sites for hydroxylation is 1. The number of aromatic amines is 1. The topological polar surface area (TPSA) is 101 Å². The van der Waals surface area contributed by atoms with Gasteiger partial charge >= 0.3 is 5.97 Å². The van der Waals surface area contributed by atoms with E-state index in [2.05, 4.69) is 5.10 Å². The van der Waals surface area contributed by atoms with Crippen LogP contribution in [0.3, 0.4) is 0 Å². The zero-order valence-electron chi connectivity index (χ0n) is 7.91. The maximum absolute atomic E-state index is 11.3. The van der Waals surface area contributed by atoms with Crippen LogP contribution < -0.4 is 11.3 Å². The first-order valence-corrected chi connectivity index (χ1v) is 4.35. The van der Waals surface area contributed by atoms with Gasteiger partial charge in [0.1, 0.15) is 12.2 Å². The number of hydrogen-bond acceptors (Lipinski definition) is 3. The molecule has 0 aliphatic rings. The molecular formula is C8H13N3O3. The minimum absolute atomic E-state index is 0.119. The minimum Gasteiger partial charge on any atom is -0.480 e. The Labute approximate surface area is 80.3 Å². The van der Waals surface area contributed by atoms with Crippen molar-refractivity contribution in [1.29, 1.82) is 0 Å². The molecule has 1 aromatic heterocycles. The molecule has 6 nitrogen and oxygen atoms in total. The number of nitrogen functional groups attached to an aromatic ring is 1. The van der Waals surface area contributed by atoms with E-state index in [9.17, 15) is 9.59 Å². The number of hydrogen-bond donors (Lipinski definition) is 3. The highest BCUT2D eigenvalue weighted by molar-refractivity contribution is 5.66. The lowest BCUT2D eigenvalue weighted by Crippen LogP contribution is -2.22. The van der Waals surface area contributed by atoms with Gasteiger partial charge in [0, 0.05) is 0 Å². The fourth-order valence-corrected chi connectivity index (χ4v) is 1.24. The van der Waals surface area contributed by atoms with E-state index in [0.717, 1.165) is 11.1 Å². The van der Waals surface area contributed by atoms with Crippen LogP contribution in [0.4, 0.5) is 5.69 Å². The van der Waals surface area contributed by atoms with Crippen molar-refractivity contribution in [2.24, 2.45) is 0 Å². The summed E-state index contributed by atoms with van der Waals surface area (Å²) in [5, 5.41) is 11.2. The van der Waals surface area contributed by atoms with Crippen molar-refractivity contribution < 1.29 is 9.90 Å². The zero-order valence-corrected chi connectivity index (χ0v) is 7.91. The molecule has 14 heavy (non-hydrogen) atoms. The molecule has 0 saturated heterocycles. The van der Waals surface area contributed by atoms with Crippen LogP contribution in [0.15, 0.2) is 4.79 Å². The van der Waals surface area contributed by atoms with Crippen LogP contribution in [0, 0.1) is 0 Å². The van der Waals surface area contributed by atoms with Crippen LogP contribution >= 0.6 is 0 Å². The van der Waals surface area contributed by atoms with Gasteiger partial charge in [-0.05, 0) is 6.42 Å². The van der Waals surface area contributed by atoms with Crippen LogP contribution in [0.5, 0.6) is 0 Å². The SMILES string of the molecule is CCCc1[nH]n(CC(=O)O)c(=O)c1N. The molecule has 0 fully saturated rings. The smallest absolute Gasteiger partial charge is 0.325 e. The van der Waals surface area contributed by atoms with Crippen molar-refractivity contribution in [3.8, 4) is 0 Å². The van der Waals surface area contributed by atoms with E-state index in [-0.39, 0.29) is 12.2 Å². The highest BCUT2D eigenvalue weighted by Gasteiger charge is 2.11. The fraction of sp³-hybridized carbons (Fsp3) is 0.500.